The summed E-state index contributed by atoms with van der Waals surface area (Å²) >= 11 is 0. The number of hydrogen-bond acceptors (Lipinski definition) is 4. The van der Waals surface area contributed by atoms with Crippen molar-refractivity contribution in [2.45, 2.75) is 26.4 Å². The molecule has 0 heterocycles. The Morgan fingerprint density at radius 3 is 2.29 bits per heavy atom. The van der Waals surface area contributed by atoms with E-state index in [0.717, 1.165) is 0 Å². The van der Waals surface area contributed by atoms with Crippen molar-refractivity contribution >= 4 is 29.2 Å². The average Bonchev–Trinajstić information content (AvgIpc) is 2.39. The maximum absolute atomic E-state index is 12.0. The first-order valence-corrected chi connectivity index (χ1v) is 6.19. The van der Waals surface area contributed by atoms with Crippen LogP contribution in [0.1, 0.15) is 31.1 Å². The van der Waals surface area contributed by atoms with Crippen molar-refractivity contribution in [1.29, 1.82) is 0 Å². The molecule has 1 aromatic rings. The topological polar surface area (TPSA) is 105 Å². The molecule has 0 spiro atoms. The predicted octanol–water partition coefficient (Wildman–Crippen LogP) is 1.71. The summed E-state index contributed by atoms with van der Waals surface area (Å²) in [7, 11) is 1.39. The Hall–Kier alpha value is -2.41. The predicted molar refractivity (Wildman–Crippen MR) is 77.4 cm³/mol. The number of carbonyl (C=O) groups is 3. The molecule has 2 amide bonds. The molecule has 1 aromatic carbocycles. The monoisotopic (exact) mass is 294 g/mol. The van der Waals surface area contributed by atoms with Gasteiger partial charge in [0.1, 0.15) is 5.60 Å². The van der Waals surface area contributed by atoms with Crippen LogP contribution in [0.2, 0.25) is 0 Å². The molecule has 0 aliphatic carbocycles. The van der Waals surface area contributed by atoms with Gasteiger partial charge in [0.2, 0.25) is 5.91 Å². The molecule has 7 nitrogen and oxygen atoms in total. The smallest absolute Gasteiger partial charge is 0.337 e. The summed E-state index contributed by atoms with van der Waals surface area (Å²) in [5.41, 5.74) is -0.747. The highest BCUT2D eigenvalue weighted by Gasteiger charge is 2.28. The molecule has 0 unspecified atom stereocenters. The molecule has 0 radical (unpaired) electrons. The molecule has 0 aliphatic rings. The first kappa shape index (κ1) is 16.6. The first-order chi connectivity index (χ1) is 9.67. The highest BCUT2D eigenvalue weighted by Crippen LogP contribution is 2.22. The summed E-state index contributed by atoms with van der Waals surface area (Å²) in [6, 6.07) is 4.20. The number of carboxylic acid groups (broad SMARTS) is 1. The summed E-state index contributed by atoms with van der Waals surface area (Å²) in [4.78, 5) is 34.3. The Morgan fingerprint density at radius 2 is 1.81 bits per heavy atom. The molecular formula is C14H18N2O5. The van der Waals surface area contributed by atoms with E-state index in [1.807, 2.05) is 0 Å². The number of nitrogens with one attached hydrogen (secondary N) is 2. The van der Waals surface area contributed by atoms with Crippen LogP contribution in [0.4, 0.5) is 11.4 Å². The molecule has 1 rings (SSSR count). The van der Waals surface area contributed by atoms with E-state index in [1.165, 1.54) is 32.2 Å². The fourth-order valence-corrected chi connectivity index (χ4v) is 1.48. The minimum absolute atomic E-state index is 0.124. The van der Waals surface area contributed by atoms with Gasteiger partial charge in [0.15, 0.2) is 0 Å². The summed E-state index contributed by atoms with van der Waals surface area (Å²) in [5, 5.41) is 14.2. The maximum Gasteiger partial charge on any atom is 0.337 e. The van der Waals surface area contributed by atoms with Crippen molar-refractivity contribution in [3.63, 3.8) is 0 Å². The normalized spacial score (nSPS) is 10.9. The maximum atomic E-state index is 12.0. The van der Waals surface area contributed by atoms with Crippen LogP contribution in [0.3, 0.4) is 0 Å². The molecule has 0 fully saturated rings. The van der Waals surface area contributed by atoms with Crippen molar-refractivity contribution in [3.05, 3.63) is 23.8 Å². The van der Waals surface area contributed by atoms with Crippen LogP contribution in [0.25, 0.3) is 0 Å². The van der Waals surface area contributed by atoms with Crippen molar-refractivity contribution in [2.75, 3.05) is 17.7 Å². The first-order valence-electron chi connectivity index (χ1n) is 6.19. The zero-order chi connectivity index (χ0) is 16.2. The minimum Gasteiger partial charge on any atom is -0.478 e. The van der Waals surface area contributed by atoms with E-state index >= 15 is 0 Å². The fraction of sp³-hybridized carbons (Fsp3) is 0.357. The summed E-state index contributed by atoms with van der Waals surface area (Å²) in [6.45, 7) is 4.44. The second-order valence-corrected chi connectivity index (χ2v) is 4.92. The number of hydrogen-bond donors (Lipinski definition) is 3. The zero-order valence-corrected chi connectivity index (χ0v) is 12.3. The molecule has 0 atom stereocenters. The summed E-state index contributed by atoms with van der Waals surface area (Å²) in [6.07, 6.45) is 0. The van der Waals surface area contributed by atoms with Crippen LogP contribution in [-0.2, 0) is 14.3 Å². The Morgan fingerprint density at radius 1 is 1.19 bits per heavy atom. The van der Waals surface area contributed by atoms with Gasteiger partial charge >= 0.3 is 5.97 Å². The van der Waals surface area contributed by atoms with E-state index < -0.39 is 17.5 Å². The molecule has 114 valence electrons. The van der Waals surface area contributed by atoms with Crippen LogP contribution < -0.4 is 10.6 Å². The molecule has 0 aromatic heterocycles. The average molecular weight is 294 g/mol. The van der Waals surface area contributed by atoms with Gasteiger partial charge in [-0.2, -0.15) is 0 Å². The number of rotatable bonds is 5. The van der Waals surface area contributed by atoms with Gasteiger partial charge in [0.25, 0.3) is 5.91 Å². The summed E-state index contributed by atoms with van der Waals surface area (Å²) in [5.74, 6) is -2.00. The Balaban J connectivity index is 3.10. The molecule has 0 saturated heterocycles. The second-order valence-electron chi connectivity index (χ2n) is 4.92. The van der Waals surface area contributed by atoms with E-state index in [0.29, 0.717) is 5.69 Å². The largest absolute Gasteiger partial charge is 0.478 e. The molecule has 7 heteroatoms. The number of amides is 2. The second kappa shape index (κ2) is 6.36. The number of benzene rings is 1. The Labute approximate surface area is 122 Å². The lowest BCUT2D eigenvalue weighted by atomic mass is 10.1. The van der Waals surface area contributed by atoms with Crippen molar-refractivity contribution in [2.24, 2.45) is 0 Å². The van der Waals surface area contributed by atoms with Crippen LogP contribution >= 0.6 is 0 Å². The number of aromatic carboxylic acids is 1. The van der Waals surface area contributed by atoms with Gasteiger partial charge in [0.05, 0.1) is 11.3 Å². The van der Waals surface area contributed by atoms with Gasteiger partial charge in [-0.15, -0.1) is 0 Å². The van der Waals surface area contributed by atoms with Gasteiger partial charge < -0.3 is 20.5 Å². The highest BCUT2D eigenvalue weighted by atomic mass is 16.5. The number of carbonyl (C=O) groups excluding carboxylic acids is 2. The van der Waals surface area contributed by atoms with Crippen molar-refractivity contribution < 1.29 is 24.2 Å². The van der Waals surface area contributed by atoms with Gasteiger partial charge in [-0.05, 0) is 32.0 Å². The molecule has 0 aliphatic heterocycles. The number of ether oxygens (including phenoxy) is 1. The standard InChI is InChI=1S/C14H18N2O5/c1-8(17)15-9-5-6-11(10(7-9)12(18)19)16-13(20)14(2,3)21-4/h5-7H,1-4H3,(H,15,17)(H,16,20)(H,18,19). The van der Waals surface area contributed by atoms with Crippen LogP contribution in [0, 0.1) is 0 Å². The molecule has 21 heavy (non-hydrogen) atoms. The van der Waals surface area contributed by atoms with Crippen molar-refractivity contribution in [3.8, 4) is 0 Å². The molecule has 3 N–H and O–H groups in total. The number of carboxylic acids is 1. The van der Waals surface area contributed by atoms with Gasteiger partial charge in [-0.3, -0.25) is 9.59 Å². The van der Waals surface area contributed by atoms with E-state index in [-0.39, 0.29) is 17.2 Å². The Kier molecular flexibility index (Phi) is 5.04. The third-order valence-electron chi connectivity index (χ3n) is 2.88. The van der Waals surface area contributed by atoms with Crippen LogP contribution in [0.15, 0.2) is 18.2 Å². The lowest BCUT2D eigenvalue weighted by Crippen LogP contribution is -2.39. The third kappa shape index (κ3) is 4.28. The van der Waals surface area contributed by atoms with E-state index in [1.54, 1.807) is 13.8 Å². The van der Waals surface area contributed by atoms with Crippen LogP contribution in [0.5, 0.6) is 0 Å². The van der Waals surface area contributed by atoms with Gasteiger partial charge in [0, 0.05) is 19.7 Å². The lowest BCUT2D eigenvalue weighted by Gasteiger charge is -2.22. The zero-order valence-electron chi connectivity index (χ0n) is 12.3. The number of anilines is 2. The quantitative estimate of drug-likeness (QED) is 0.766. The third-order valence-corrected chi connectivity index (χ3v) is 2.88. The lowest BCUT2D eigenvalue weighted by molar-refractivity contribution is -0.133. The minimum atomic E-state index is -1.22. The molecule has 0 bridgehead atoms. The van der Waals surface area contributed by atoms with Crippen LogP contribution in [-0.4, -0.2) is 35.6 Å². The molecule has 0 saturated carbocycles. The fourth-order valence-electron chi connectivity index (χ4n) is 1.48. The number of methoxy groups -OCH3 is 1. The van der Waals surface area contributed by atoms with Crippen molar-refractivity contribution in [1.82, 2.24) is 0 Å². The van der Waals surface area contributed by atoms with Gasteiger partial charge in [-0.25, -0.2) is 4.79 Å². The van der Waals surface area contributed by atoms with Gasteiger partial charge in [-0.1, -0.05) is 0 Å². The molecular weight excluding hydrogens is 276 g/mol. The van der Waals surface area contributed by atoms with E-state index in [4.69, 9.17) is 4.74 Å². The Bertz CT molecular complexity index is 581. The summed E-state index contributed by atoms with van der Waals surface area (Å²) < 4.78 is 5.03. The van der Waals surface area contributed by atoms with E-state index in [9.17, 15) is 19.5 Å². The highest BCUT2D eigenvalue weighted by molar-refractivity contribution is 6.04. The van der Waals surface area contributed by atoms with E-state index in [2.05, 4.69) is 10.6 Å². The SMILES string of the molecule is COC(C)(C)C(=O)Nc1ccc(NC(C)=O)cc1C(=O)O.